The van der Waals surface area contributed by atoms with Gasteiger partial charge < -0.3 is 19.7 Å². The number of morpholine rings is 1. The second-order valence-electron chi connectivity index (χ2n) is 6.44. The van der Waals surface area contributed by atoms with Crippen LogP contribution in [-0.4, -0.2) is 54.0 Å². The highest BCUT2D eigenvalue weighted by Gasteiger charge is 2.23. The predicted molar refractivity (Wildman–Crippen MR) is 107 cm³/mol. The monoisotopic (exact) mass is 388 g/mol. The van der Waals surface area contributed by atoms with Crippen molar-refractivity contribution in [2.45, 2.75) is 31.1 Å². The maximum Gasteiger partial charge on any atom is 0.234 e. The summed E-state index contributed by atoms with van der Waals surface area (Å²) in [4.78, 5) is 23.0. The molecule has 2 atom stereocenters. The number of carbonyl (C=O) groups excluding carboxylic acids is 1. The molecule has 0 aliphatic carbocycles. The molecule has 1 aromatic heterocycles. The van der Waals surface area contributed by atoms with E-state index in [1.165, 1.54) is 11.8 Å². The summed E-state index contributed by atoms with van der Waals surface area (Å²) >= 11 is 1.39. The molecule has 8 heteroatoms. The van der Waals surface area contributed by atoms with E-state index in [1.54, 1.807) is 13.4 Å². The first-order valence-corrected chi connectivity index (χ1v) is 9.81. The molecule has 0 saturated carbocycles. The Morgan fingerprint density at radius 3 is 2.63 bits per heavy atom. The molecule has 1 N–H and O–H groups in total. The summed E-state index contributed by atoms with van der Waals surface area (Å²) in [7, 11) is 1.61. The minimum Gasteiger partial charge on any atom is -0.497 e. The van der Waals surface area contributed by atoms with Crippen LogP contribution < -0.4 is 15.0 Å². The number of benzene rings is 1. The van der Waals surface area contributed by atoms with Gasteiger partial charge in [-0.15, -0.1) is 0 Å². The van der Waals surface area contributed by atoms with E-state index in [-0.39, 0.29) is 23.9 Å². The highest BCUT2D eigenvalue weighted by Crippen LogP contribution is 2.23. The molecule has 1 saturated heterocycles. The molecule has 2 unspecified atom stereocenters. The van der Waals surface area contributed by atoms with Gasteiger partial charge >= 0.3 is 0 Å². The summed E-state index contributed by atoms with van der Waals surface area (Å²) in [5.41, 5.74) is 0.737. The Bertz CT molecular complexity index is 762. The highest BCUT2D eigenvalue weighted by atomic mass is 32.2. The molecule has 144 valence electrons. The Morgan fingerprint density at radius 1 is 1.26 bits per heavy atom. The minimum absolute atomic E-state index is 0.0843. The number of nitrogens with zero attached hydrogens (tertiary/aromatic N) is 3. The average molecular weight is 388 g/mol. The summed E-state index contributed by atoms with van der Waals surface area (Å²) in [5.74, 6) is 1.81. The van der Waals surface area contributed by atoms with Crippen molar-refractivity contribution in [2.24, 2.45) is 0 Å². The van der Waals surface area contributed by atoms with Crippen molar-refractivity contribution in [3.8, 4) is 5.75 Å². The number of hydrogen-bond acceptors (Lipinski definition) is 7. The van der Waals surface area contributed by atoms with E-state index in [0.29, 0.717) is 0 Å². The molecule has 1 aromatic carbocycles. The van der Waals surface area contributed by atoms with Crippen LogP contribution in [0.15, 0.2) is 41.7 Å². The molecule has 1 fully saturated rings. The van der Waals surface area contributed by atoms with E-state index in [2.05, 4.69) is 34.0 Å². The Labute approximate surface area is 163 Å². The van der Waals surface area contributed by atoms with Crippen LogP contribution in [0.5, 0.6) is 5.75 Å². The van der Waals surface area contributed by atoms with Gasteiger partial charge in [0, 0.05) is 24.8 Å². The van der Waals surface area contributed by atoms with E-state index in [9.17, 15) is 4.79 Å². The number of rotatable bonds is 6. The third-order valence-electron chi connectivity index (χ3n) is 4.10. The van der Waals surface area contributed by atoms with E-state index in [1.807, 2.05) is 30.3 Å². The SMILES string of the molecule is COc1ccc(NC(=O)CSc2cc(N3CC(C)OC(C)C3)ncn2)cc1. The Kier molecular flexibility index (Phi) is 6.52. The number of carbonyl (C=O) groups is 1. The third kappa shape index (κ3) is 5.58. The summed E-state index contributed by atoms with van der Waals surface area (Å²) < 4.78 is 10.9. The molecule has 7 nitrogen and oxygen atoms in total. The normalized spacial score (nSPS) is 19.6. The topological polar surface area (TPSA) is 76.6 Å². The van der Waals surface area contributed by atoms with E-state index in [0.717, 1.165) is 35.4 Å². The van der Waals surface area contributed by atoms with Crippen molar-refractivity contribution < 1.29 is 14.3 Å². The van der Waals surface area contributed by atoms with Gasteiger partial charge in [0.2, 0.25) is 5.91 Å². The van der Waals surface area contributed by atoms with Crippen molar-refractivity contribution in [3.63, 3.8) is 0 Å². The van der Waals surface area contributed by atoms with Crippen LogP contribution in [-0.2, 0) is 9.53 Å². The molecule has 3 rings (SSSR count). The van der Waals surface area contributed by atoms with Gasteiger partial charge in [-0.3, -0.25) is 4.79 Å². The first-order chi connectivity index (χ1) is 13.0. The number of aromatic nitrogens is 2. The zero-order valence-corrected chi connectivity index (χ0v) is 16.5. The van der Waals surface area contributed by atoms with Gasteiger partial charge in [-0.2, -0.15) is 0 Å². The van der Waals surface area contributed by atoms with E-state index in [4.69, 9.17) is 9.47 Å². The van der Waals surface area contributed by atoms with Crippen LogP contribution >= 0.6 is 11.8 Å². The predicted octanol–water partition coefficient (Wildman–Crippen LogP) is 2.83. The smallest absolute Gasteiger partial charge is 0.234 e. The Balaban J connectivity index is 1.55. The zero-order chi connectivity index (χ0) is 19.2. The maximum atomic E-state index is 12.2. The summed E-state index contributed by atoms with van der Waals surface area (Å²) in [6.45, 7) is 5.71. The molecular weight excluding hydrogens is 364 g/mol. The Morgan fingerprint density at radius 2 is 1.96 bits per heavy atom. The van der Waals surface area contributed by atoms with Gasteiger partial charge in [0.25, 0.3) is 0 Å². The van der Waals surface area contributed by atoms with Crippen LogP contribution in [0, 0.1) is 0 Å². The lowest BCUT2D eigenvalue weighted by molar-refractivity contribution is -0.113. The first-order valence-electron chi connectivity index (χ1n) is 8.82. The molecule has 2 aromatic rings. The molecule has 0 radical (unpaired) electrons. The maximum absolute atomic E-state index is 12.2. The van der Waals surface area contributed by atoms with Gasteiger partial charge in [-0.1, -0.05) is 11.8 Å². The number of ether oxygens (including phenoxy) is 2. The summed E-state index contributed by atoms with van der Waals surface area (Å²) in [5, 5.41) is 3.64. The molecule has 0 bridgehead atoms. The van der Waals surface area contributed by atoms with Crippen LogP contribution in [0.2, 0.25) is 0 Å². The molecule has 2 heterocycles. The first kappa shape index (κ1) is 19.4. The molecule has 0 spiro atoms. The summed E-state index contributed by atoms with van der Waals surface area (Å²) in [6.07, 6.45) is 1.87. The number of thioether (sulfide) groups is 1. The second kappa shape index (κ2) is 9.05. The minimum atomic E-state index is -0.0843. The summed E-state index contributed by atoms with van der Waals surface area (Å²) in [6, 6.07) is 9.17. The average Bonchev–Trinajstić information content (AvgIpc) is 2.66. The fourth-order valence-corrected chi connectivity index (χ4v) is 3.62. The van der Waals surface area contributed by atoms with E-state index < -0.39 is 0 Å². The molecule has 27 heavy (non-hydrogen) atoms. The molecule has 1 aliphatic rings. The third-order valence-corrected chi connectivity index (χ3v) is 5.02. The van der Waals surface area contributed by atoms with Crippen molar-refractivity contribution in [3.05, 3.63) is 36.7 Å². The van der Waals surface area contributed by atoms with Gasteiger partial charge in [-0.25, -0.2) is 9.97 Å². The van der Waals surface area contributed by atoms with Crippen LogP contribution in [0.3, 0.4) is 0 Å². The van der Waals surface area contributed by atoms with Gasteiger partial charge in [0.15, 0.2) is 0 Å². The zero-order valence-electron chi connectivity index (χ0n) is 15.7. The van der Waals surface area contributed by atoms with Crippen LogP contribution in [0.1, 0.15) is 13.8 Å². The fourth-order valence-electron chi connectivity index (χ4n) is 2.96. The molecule has 1 aliphatic heterocycles. The van der Waals surface area contributed by atoms with Crippen LogP contribution in [0.25, 0.3) is 0 Å². The van der Waals surface area contributed by atoms with Gasteiger partial charge in [0.05, 0.1) is 25.1 Å². The van der Waals surface area contributed by atoms with Gasteiger partial charge in [0.1, 0.15) is 22.9 Å². The van der Waals surface area contributed by atoms with Crippen LogP contribution in [0.4, 0.5) is 11.5 Å². The Hall–Kier alpha value is -2.32. The quantitative estimate of drug-likeness (QED) is 0.602. The van der Waals surface area contributed by atoms with Crippen molar-refractivity contribution in [1.29, 1.82) is 0 Å². The number of methoxy groups -OCH3 is 1. The fraction of sp³-hybridized carbons (Fsp3) is 0.421. The second-order valence-corrected chi connectivity index (χ2v) is 7.44. The number of hydrogen-bond donors (Lipinski definition) is 1. The standard InChI is InChI=1S/C19H24N4O3S/c1-13-9-23(10-14(2)26-13)17-8-19(21-12-20-17)27-11-18(24)22-15-4-6-16(25-3)7-5-15/h4-8,12-14H,9-11H2,1-3H3,(H,22,24). The molecular formula is C19H24N4O3S. The van der Waals surface area contributed by atoms with Crippen molar-refractivity contribution in [2.75, 3.05) is 36.2 Å². The lowest BCUT2D eigenvalue weighted by Crippen LogP contribution is -2.45. The van der Waals surface area contributed by atoms with Crippen molar-refractivity contribution >= 4 is 29.2 Å². The highest BCUT2D eigenvalue weighted by molar-refractivity contribution is 7.99. The number of anilines is 2. The lowest BCUT2D eigenvalue weighted by atomic mass is 10.2. The van der Waals surface area contributed by atoms with Gasteiger partial charge in [-0.05, 0) is 38.1 Å². The number of nitrogens with one attached hydrogen (secondary N) is 1. The van der Waals surface area contributed by atoms with Crippen molar-refractivity contribution in [1.82, 2.24) is 9.97 Å². The number of amides is 1. The lowest BCUT2D eigenvalue weighted by Gasteiger charge is -2.36. The van der Waals surface area contributed by atoms with E-state index >= 15 is 0 Å². The molecule has 1 amide bonds. The largest absolute Gasteiger partial charge is 0.497 e.